The number of primary amides is 1. The van der Waals surface area contributed by atoms with Gasteiger partial charge in [-0.2, -0.15) is 0 Å². The number of thiophene rings is 1. The van der Waals surface area contributed by atoms with Gasteiger partial charge in [0.15, 0.2) is 0 Å². The molecular formula is C33H37N3O3S. The monoisotopic (exact) mass is 555 g/mol. The Bertz CT molecular complexity index is 1570. The van der Waals surface area contributed by atoms with Crippen LogP contribution < -0.4 is 15.8 Å². The number of nitrogens with one attached hydrogen (secondary N) is 1. The van der Waals surface area contributed by atoms with Gasteiger partial charge in [-0.1, -0.05) is 45.4 Å². The van der Waals surface area contributed by atoms with Gasteiger partial charge in [0.25, 0.3) is 11.8 Å². The summed E-state index contributed by atoms with van der Waals surface area (Å²) in [6, 6.07) is 17.1. The number of amides is 2. The van der Waals surface area contributed by atoms with Crippen molar-refractivity contribution in [1.29, 1.82) is 0 Å². The number of nitrogens with zero attached hydrogens (tertiary/aromatic N) is 1. The van der Waals surface area contributed by atoms with Crippen LogP contribution in [0.1, 0.15) is 78.6 Å². The average molecular weight is 556 g/mol. The SMILES string of the molecule is CCC(C)(C)[C@H]1CCc2c(sc(NC(=O)c3cc(-c4ccc(OC(C)C)cc4)nc4ccccc34)c2C(N)=O)C1. The zero-order valence-corrected chi connectivity index (χ0v) is 24.7. The number of pyridine rings is 1. The quantitative estimate of drug-likeness (QED) is 0.234. The molecule has 6 nitrogen and oxygen atoms in total. The maximum absolute atomic E-state index is 13.8. The summed E-state index contributed by atoms with van der Waals surface area (Å²) in [6.07, 6.45) is 3.88. The highest BCUT2D eigenvalue weighted by Gasteiger charge is 2.35. The van der Waals surface area contributed by atoms with Crippen LogP contribution in [0.3, 0.4) is 0 Å². The summed E-state index contributed by atoms with van der Waals surface area (Å²) in [6.45, 7) is 10.8. The number of aromatic nitrogens is 1. The molecule has 2 heterocycles. The van der Waals surface area contributed by atoms with E-state index < -0.39 is 5.91 Å². The molecule has 0 aliphatic heterocycles. The molecule has 0 bridgehead atoms. The lowest BCUT2D eigenvalue weighted by Gasteiger charge is -2.36. The zero-order chi connectivity index (χ0) is 28.6. The Morgan fingerprint density at radius 2 is 1.88 bits per heavy atom. The largest absolute Gasteiger partial charge is 0.491 e. The predicted molar refractivity (Wildman–Crippen MR) is 163 cm³/mol. The van der Waals surface area contributed by atoms with Crippen LogP contribution in [0.4, 0.5) is 5.00 Å². The lowest BCUT2D eigenvalue weighted by atomic mass is 9.69. The highest BCUT2D eigenvalue weighted by atomic mass is 32.1. The number of hydrogen-bond acceptors (Lipinski definition) is 5. The Balaban J connectivity index is 1.50. The van der Waals surface area contributed by atoms with Crippen LogP contribution >= 0.6 is 11.3 Å². The molecule has 40 heavy (non-hydrogen) atoms. The van der Waals surface area contributed by atoms with Crippen molar-refractivity contribution in [3.8, 4) is 17.0 Å². The number of hydrogen-bond donors (Lipinski definition) is 2. The molecule has 0 saturated carbocycles. The number of benzene rings is 2. The minimum atomic E-state index is -0.495. The highest BCUT2D eigenvalue weighted by Crippen LogP contribution is 2.45. The van der Waals surface area contributed by atoms with Crippen LogP contribution in [-0.2, 0) is 12.8 Å². The van der Waals surface area contributed by atoms with E-state index >= 15 is 0 Å². The first-order valence-corrected chi connectivity index (χ1v) is 14.8. The predicted octanol–water partition coefficient (Wildman–Crippen LogP) is 7.64. The van der Waals surface area contributed by atoms with Crippen molar-refractivity contribution < 1.29 is 14.3 Å². The van der Waals surface area contributed by atoms with Crippen molar-refractivity contribution in [3.05, 3.63) is 76.2 Å². The van der Waals surface area contributed by atoms with Crippen molar-refractivity contribution in [2.75, 3.05) is 5.32 Å². The van der Waals surface area contributed by atoms with Gasteiger partial charge in [0.1, 0.15) is 10.8 Å². The molecule has 2 aromatic carbocycles. The maximum atomic E-state index is 13.8. The van der Waals surface area contributed by atoms with Gasteiger partial charge in [0.05, 0.1) is 28.4 Å². The summed E-state index contributed by atoms with van der Waals surface area (Å²) in [5.41, 5.74) is 10.3. The zero-order valence-electron chi connectivity index (χ0n) is 23.8. The van der Waals surface area contributed by atoms with Crippen molar-refractivity contribution in [1.82, 2.24) is 4.98 Å². The van der Waals surface area contributed by atoms with Crippen LogP contribution in [0.2, 0.25) is 0 Å². The molecule has 1 aliphatic carbocycles. The second-order valence-electron chi connectivity index (χ2n) is 11.6. The van der Waals surface area contributed by atoms with E-state index in [4.69, 9.17) is 15.5 Å². The van der Waals surface area contributed by atoms with Crippen molar-refractivity contribution >= 4 is 39.1 Å². The van der Waals surface area contributed by atoms with Crippen LogP contribution in [-0.4, -0.2) is 22.9 Å². The number of fused-ring (bicyclic) bond motifs is 2. The molecule has 2 aromatic heterocycles. The van der Waals surface area contributed by atoms with E-state index in [0.29, 0.717) is 27.7 Å². The fraction of sp³-hybridized carbons (Fsp3) is 0.364. The smallest absolute Gasteiger partial charge is 0.257 e. The van der Waals surface area contributed by atoms with Crippen LogP contribution in [0.15, 0.2) is 54.6 Å². The first-order valence-electron chi connectivity index (χ1n) is 14.0. The Hall–Kier alpha value is -3.71. The molecule has 1 atom stereocenters. The molecule has 0 radical (unpaired) electrons. The third-order valence-corrected chi connectivity index (χ3v) is 9.41. The van der Waals surface area contributed by atoms with Crippen molar-refractivity contribution in [2.24, 2.45) is 17.1 Å². The number of carbonyl (C=O) groups is 2. The third-order valence-electron chi connectivity index (χ3n) is 8.24. The normalized spacial score (nSPS) is 15.2. The van der Waals surface area contributed by atoms with E-state index in [2.05, 4.69) is 26.1 Å². The second kappa shape index (κ2) is 11.0. The van der Waals surface area contributed by atoms with Gasteiger partial charge >= 0.3 is 0 Å². The molecular weight excluding hydrogens is 518 g/mol. The lowest BCUT2D eigenvalue weighted by Crippen LogP contribution is -2.29. The van der Waals surface area contributed by atoms with E-state index in [0.717, 1.165) is 58.3 Å². The Morgan fingerprint density at radius 1 is 1.15 bits per heavy atom. The lowest BCUT2D eigenvalue weighted by molar-refractivity contribution is 0.0999. The van der Waals surface area contributed by atoms with E-state index in [-0.39, 0.29) is 17.4 Å². The second-order valence-corrected chi connectivity index (χ2v) is 12.7. The number of ether oxygens (including phenoxy) is 1. The van der Waals surface area contributed by atoms with Crippen LogP contribution in [0, 0.1) is 11.3 Å². The highest BCUT2D eigenvalue weighted by molar-refractivity contribution is 7.17. The van der Waals surface area contributed by atoms with Gasteiger partial charge in [-0.05, 0) is 86.4 Å². The fourth-order valence-corrected chi connectivity index (χ4v) is 6.88. The first-order chi connectivity index (χ1) is 19.1. The Morgan fingerprint density at radius 3 is 2.55 bits per heavy atom. The third kappa shape index (κ3) is 5.48. The molecule has 3 N–H and O–H groups in total. The van der Waals surface area contributed by atoms with E-state index in [1.165, 1.54) is 11.3 Å². The Kier molecular flexibility index (Phi) is 7.69. The summed E-state index contributed by atoms with van der Waals surface area (Å²) >= 11 is 1.49. The molecule has 0 spiro atoms. The van der Waals surface area contributed by atoms with Gasteiger partial charge in [-0.25, -0.2) is 4.98 Å². The molecule has 0 saturated heterocycles. The van der Waals surface area contributed by atoms with Crippen molar-refractivity contribution in [3.63, 3.8) is 0 Å². The average Bonchev–Trinajstić information content (AvgIpc) is 3.29. The summed E-state index contributed by atoms with van der Waals surface area (Å²) in [5, 5.41) is 4.35. The number of carbonyl (C=O) groups excluding carboxylic acids is 2. The number of rotatable bonds is 8. The van der Waals surface area contributed by atoms with E-state index in [1.54, 1.807) is 0 Å². The van der Waals surface area contributed by atoms with Crippen molar-refractivity contribution in [2.45, 2.75) is 66.4 Å². The summed E-state index contributed by atoms with van der Waals surface area (Å²) in [7, 11) is 0. The number of anilines is 1. The standard InChI is InChI=1S/C33H37N3O3S/c1-6-33(4,5)21-13-16-24-28(17-21)40-32(29(24)30(34)37)36-31(38)25-18-27(35-26-10-8-7-9-23(25)26)20-11-14-22(15-12-20)39-19(2)3/h7-12,14-15,18-19,21H,6,13,16-17H2,1-5H3,(H2,34,37)(H,36,38)/t21-/m0/s1. The molecule has 2 amide bonds. The minimum Gasteiger partial charge on any atom is -0.491 e. The van der Waals surface area contributed by atoms with Gasteiger partial charge in [-0.3, -0.25) is 9.59 Å². The molecule has 7 heteroatoms. The fourth-order valence-electron chi connectivity index (χ4n) is 5.55. The van der Waals surface area contributed by atoms with E-state index in [1.807, 2.05) is 68.4 Å². The molecule has 4 aromatic rings. The summed E-state index contributed by atoms with van der Waals surface area (Å²) in [5.74, 6) is 0.524. The summed E-state index contributed by atoms with van der Waals surface area (Å²) in [4.78, 5) is 32.4. The molecule has 5 rings (SSSR count). The molecule has 0 fully saturated rings. The van der Waals surface area contributed by atoms with Gasteiger partial charge in [0.2, 0.25) is 0 Å². The topological polar surface area (TPSA) is 94.3 Å². The van der Waals surface area contributed by atoms with Gasteiger partial charge < -0.3 is 15.8 Å². The molecule has 0 unspecified atom stereocenters. The van der Waals surface area contributed by atoms with Gasteiger partial charge in [0, 0.05) is 15.8 Å². The molecule has 208 valence electrons. The van der Waals surface area contributed by atoms with Crippen LogP contribution in [0.25, 0.3) is 22.2 Å². The van der Waals surface area contributed by atoms with Gasteiger partial charge in [-0.15, -0.1) is 11.3 Å². The first kappa shape index (κ1) is 27.8. The van der Waals surface area contributed by atoms with E-state index in [9.17, 15) is 9.59 Å². The van der Waals surface area contributed by atoms with Crippen LogP contribution in [0.5, 0.6) is 5.75 Å². The molecule has 1 aliphatic rings. The minimum absolute atomic E-state index is 0.0807. The number of nitrogens with two attached hydrogens (primary N) is 1. The maximum Gasteiger partial charge on any atom is 0.257 e. The summed E-state index contributed by atoms with van der Waals surface area (Å²) < 4.78 is 5.78. The number of para-hydroxylation sites is 1. The Labute approximate surface area is 240 Å².